The molecule has 0 saturated carbocycles. The summed E-state index contributed by atoms with van der Waals surface area (Å²) in [5.74, 6) is -0.422. The van der Waals surface area contributed by atoms with Gasteiger partial charge in [0.15, 0.2) is 0 Å². The third kappa shape index (κ3) is 4.55. The van der Waals surface area contributed by atoms with Gasteiger partial charge in [-0.3, -0.25) is 0 Å². The molecule has 3 rings (SSSR count). The van der Waals surface area contributed by atoms with Crippen molar-refractivity contribution in [2.45, 2.75) is 25.3 Å². The minimum atomic E-state index is -3.57. The average molecular weight is 389 g/mol. The van der Waals surface area contributed by atoms with Crippen molar-refractivity contribution in [3.05, 3.63) is 64.7 Å². The zero-order valence-electron chi connectivity index (χ0n) is 15.5. The SMILES string of the molecule is Cc1ccc(C(=O)OCc2cccc(S(=O)(=O)N3CCOCC3)c2)c(C)c1. The Morgan fingerprint density at radius 3 is 2.56 bits per heavy atom. The van der Waals surface area contributed by atoms with Crippen molar-refractivity contribution < 1.29 is 22.7 Å². The summed E-state index contributed by atoms with van der Waals surface area (Å²) in [6.45, 7) is 5.31. The Bertz CT molecular complexity index is 933. The number of carbonyl (C=O) groups excluding carboxylic acids is 1. The first-order chi connectivity index (χ1) is 12.9. The van der Waals surface area contributed by atoms with Crippen LogP contribution in [0, 0.1) is 13.8 Å². The maximum absolute atomic E-state index is 12.7. The minimum Gasteiger partial charge on any atom is -0.457 e. The lowest BCUT2D eigenvalue weighted by Gasteiger charge is -2.26. The van der Waals surface area contributed by atoms with Crippen LogP contribution in [0.2, 0.25) is 0 Å². The maximum atomic E-state index is 12.7. The molecular formula is C20H23NO5S. The van der Waals surface area contributed by atoms with Crippen LogP contribution in [0.3, 0.4) is 0 Å². The number of carbonyl (C=O) groups is 1. The van der Waals surface area contributed by atoms with Crippen LogP contribution < -0.4 is 0 Å². The van der Waals surface area contributed by atoms with E-state index in [1.165, 1.54) is 4.31 Å². The Labute approximate surface area is 159 Å². The number of ether oxygens (including phenoxy) is 2. The van der Waals surface area contributed by atoms with E-state index in [1.807, 2.05) is 26.0 Å². The molecule has 1 aliphatic heterocycles. The molecule has 7 heteroatoms. The Hall–Kier alpha value is -2.22. The van der Waals surface area contributed by atoms with E-state index in [4.69, 9.17) is 9.47 Å². The highest BCUT2D eigenvalue weighted by Gasteiger charge is 2.26. The fourth-order valence-corrected chi connectivity index (χ4v) is 4.48. The molecule has 0 N–H and O–H groups in total. The van der Waals surface area contributed by atoms with Crippen molar-refractivity contribution in [2.24, 2.45) is 0 Å². The van der Waals surface area contributed by atoms with E-state index in [-0.39, 0.29) is 11.5 Å². The smallest absolute Gasteiger partial charge is 0.338 e. The molecule has 1 saturated heterocycles. The van der Waals surface area contributed by atoms with E-state index in [0.29, 0.717) is 37.4 Å². The maximum Gasteiger partial charge on any atom is 0.338 e. The molecule has 6 nitrogen and oxygen atoms in total. The van der Waals surface area contributed by atoms with Gasteiger partial charge < -0.3 is 9.47 Å². The second kappa shape index (κ2) is 8.21. The van der Waals surface area contributed by atoms with E-state index in [9.17, 15) is 13.2 Å². The first-order valence-electron chi connectivity index (χ1n) is 8.79. The molecule has 0 bridgehead atoms. The number of esters is 1. The lowest BCUT2D eigenvalue weighted by atomic mass is 10.1. The van der Waals surface area contributed by atoms with E-state index in [1.54, 1.807) is 30.3 Å². The molecule has 144 valence electrons. The lowest BCUT2D eigenvalue weighted by Crippen LogP contribution is -2.40. The second-order valence-electron chi connectivity index (χ2n) is 6.56. The molecule has 27 heavy (non-hydrogen) atoms. The van der Waals surface area contributed by atoms with Gasteiger partial charge in [-0.15, -0.1) is 0 Å². The monoisotopic (exact) mass is 389 g/mol. The summed E-state index contributed by atoms with van der Waals surface area (Å²) in [6.07, 6.45) is 0. The Morgan fingerprint density at radius 1 is 1.11 bits per heavy atom. The summed E-state index contributed by atoms with van der Waals surface area (Å²) in [5.41, 5.74) is 3.06. The van der Waals surface area contributed by atoms with Gasteiger partial charge in [0.05, 0.1) is 23.7 Å². The Kier molecular flexibility index (Phi) is 5.94. The van der Waals surface area contributed by atoms with Crippen molar-refractivity contribution in [1.82, 2.24) is 4.31 Å². The predicted octanol–water partition coefficient (Wildman–Crippen LogP) is 2.68. The molecule has 0 aliphatic carbocycles. The third-order valence-corrected chi connectivity index (χ3v) is 6.37. The molecular weight excluding hydrogens is 366 g/mol. The molecule has 2 aromatic rings. The lowest BCUT2D eigenvalue weighted by molar-refractivity contribution is 0.0471. The molecule has 2 aromatic carbocycles. The molecule has 0 unspecified atom stereocenters. The second-order valence-corrected chi connectivity index (χ2v) is 8.50. The number of morpholine rings is 1. The highest BCUT2D eigenvalue weighted by Crippen LogP contribution is 2.19. The van der Waals surface area contributed by atoms with Crippen LogP contribution in [-0.2, 0) is 26.1 Å². The molecule has 0 radical (unpaired) electrons. The minimum absolute atomic E-state index is 0.0125. The summed E-state index contributed by atoms with van der Waals surface area (Å²) < 4.78 is 37.5. The van der Waals surface area contributed by atoms with Gasteiger partial charge >= 0.3 is 5.97 Å². The Balaban J connectivity index is 1.71. The van der Waals surface area contributed by atoms with E-state index in [0.717, 1.165) is 11.1 Å². The highest BCUT2D eigenvalue weighted by molar-refractivity contribution is 7.89. The number of benzene rings is 2. The first-order valence-corrected chi connectivity index (χ1v) is 10.2. The third-order valence-electron chi connectivity index (χ3n) is 4.48. The topological polar surface area (TPSA) is 72.9 Å². The zero-order chi connectivity index (χ0) is 19.4. The van der Waals surface area contributed by atoms with Crippen molar-refractivity contribution in [2.75, 3.05) is 26.3 Å². The summed E-state index contributed by atoms with van der Waals surface area (Å²) in [7, 11) is -3.57. The van der Waals surface area contributed by atoms with E-state index in [2.05, 4.69) is 0 Å². The Morgan fingerprint density at radius 2 is 1.85 bits per heavy atom. The number of sulfonamides is 1. The highest BCUT2D eigenvalue weighted by atomic mass is 32.2. The first kappa shape index (κ1) is 19.5. The van der Waals surface area contributed by atoms with Crippen LogP contribution in [0.4, 0.5) is 0 Å². The predicted molar refractivity (Wildman–Crippen MR) is 101 cm³/mol. The van der Waals surface area contributed by atoms with Crippen LogP contribution in [-0.4, -0.2) is 45.0 Å². The zero-order valence-corrected chi connectivity index (χ0v) is 16.3. The molecule has 1 aliphatic rings. The van der Waals surface area contributed by atoms with Gasteiger partial charge in [0, 0.05) is 13.1 Å². The van der Waals surface area contributed by atoms with Crippen LogP contribution in [0.15, 0.2) is 47.4 Å². The van der Waals surface area contributed by atoms with Crippen LogP contribution in [0.25, 0.3) is 0 Å². The fraction of sp³-hybridized carbons (Fsp3) is 0.350. The number of aryl methyl sites for hydroxylation is 2. The normalized spacial score (nSPS) is 15.5. The standard InChI is InChI=1S/C20H23NO5S/c1-15-6-7-19(16(2)12-15)20(22)26-14-17-4-3-5-18(13-17)27(23,24)21-8-10-25-11-9-21/h3-7,12-13H,8-11,14H2,1-2H3. The van der Waals surface area contributed by atoms with Crippen LogP contribution in [0.5, 0.6) is 0 Å². The number of nitrogens with zero attached hydrogens (tertiary/aromatic N) is 1. The van der Waals surface area contributed by atoms with Crippen LogP contribution >= 0.6 is 0 Å². The number of rotatable bonds is 5. The van der Waals surface area contributed by atoms with Gasteiger partial charge in [-0.2, -0.15) is 4.31 Å². The summed E-state index contributed by atoms with van der Waals surface area (Å²) in [6, 6.07) is 12.0. The molecule has 1 heterocycles. The van der Waals surface area contributed by atoms with Crippen molar-refractivity contribution >= 4 is 16.0 Å². The quantitative estimate of drug-likeness (QED) is 0.735. The largest absolute Gasteiger partial charge is 0.457 e. The van der Waals surface area contributed by atoms with Gasteiger partial charge in [-0.05, 0) is 43.2 Å². The number of hydrogen-bond donors (Lipinski definition) is 0. The average Bonchev–Trinajstić information content (AvgIpc) is 2.67. The van der Waals surface area contributed by atoms with Crippen LogP contribution in [0.1, 0.15) is 27.0 Å². The van der Waals surface area contributed by atoms with Crippen molar-refractivity contribution in [3.63, 3.8) is 0 Å². The molecule has 1 fully saturated rings. The molecule has 0 aromatic heterocycles. The van der Waals surface area contributed by atoms with Crippen molar-refractivity contribution in [3.8, 4) is 0 Å². The van der Waals surface area contributed by atoms with Gasteiger partial charge in [0.25, 0.3) is 0 Å². The molecule has 0 amide bonds. The van der Waals surface area contributed by atoms with Gasteiger partial charge in [0.2, 0.25) is 10.0 Å². The van der Waals surface area contributed by atoms with E-state index >= 15 is 0 Å². The van der Waals surface area contributed by atoms with Gasteiger partial charge in [0.1, 0.15) is 6.61 Å². The fourth-order valence-electron chi connectivity index (χ4n) is 3.00. The molecule has 0 atom stereocenters. The number of hydrogen-bond acceptors (Lipinski definition) is 5. The van der Waals surface area contributed by atoms with Crippen molar-refractivity contribution in [1.29, 1.82) is 0 Å². The summed E-state index contributed by atoms with van der Waals surface area (Å²) in [5, 5.41) is 0. The summed E-state index contributed by atoms with van der Waals surface area (Å²) >= 11 is 0. The molecule has 0 spiro atoms. The summed E-state index contributed by atoms with van der Waals surface area (Å²) in [4.78, 5) is 12.5. The van der Waals surface area contributed by atoms with E-state index < -0.39 is 16.0 Å². The van der Waals surface area contributed by atoms with Gasteiger partial charge in [-0.25, -0.2) is 13.2 Å². The van der Waals surface area contributed by atoms with Gasteiger partial charge in [-0.1, -0.05) is 29.8 Å².